The highest BCUT2D eigenvalue weighted by Gasteiger charge is 2.54. The van der Waals surface area contributed by atoms with Crippen molar-refractivity contribution >= 4 is 5.97 Å². The van der Waals surface area contributed by atoms with Crippen LogP contribution in [-0.2, 0) is 11.8 Å². The van der Waals surface area contributed by atoms with Crippen molar-refractivity contribution in [1.29, 1.82) is 0 Å². The quantitative estimate of drug-likeness (QED) is 0.860. The van der Waals surface area contributed by atoms with E-state index in [9.17, 15) is 9.90 Å². The lowest BCUT2D eigenvalue weighted by Crippen LogP contribution is -2.50. The van der Waals surface area contributed by atoms with Crippen LogP contribution < -0.4 is 0 Å². The molecule has 0 aromatic heterocycles. The Labute approximate surface area is 108 Å². The van der Waals surface area contributed by atoms with Crippen LogP contribution in [0.25, 0.3) is 0 Å². The molecule has 0 radical (unpaired) electrons. The normalized spacial score (nSPS) is 28.8. The van der Waals surface area contributed by atoms with E-state index in [0.717, 1.165) is 12.0 Å². The van der Waals surface area contributed by atoms with Crippen LogP contribution in [0, 0.1) is 5.92 Å². The number of rotatable bonds is 2. The van der Waals surface area contributed by atoms with Gasteiger partial charge in [0, 0.05) is 5.41 Å². The van der Waals surface area contributed by atoms with Gasteiger partial charge < -0.3 is 5.11 Å². The lowest BCUT2D eigenvalue weighted by atomic mass is 9.46. The predicted molar refractivity (Wildman–Crippen MR) is 71.3 cm³/mol. The Morgan fingerprint density at radius 2 is 2.17 bits per heavy atom. The summed E-state index contributed by atoms with van der Waals surface area (Å²) in [5, 5.41) is 9.33. The SMILES string of the molecule is CC(C)C12CCCc3ccc(C(=O)O)c(c31)C2C. The molecule has 0 fully saturated rings. The molecule has 0 aliphatic heterocycles. The molecular formula is C16H20O2. The molecule has 0 saturated heterocycles. The molecule has 0 saturated carbocycles. The average molecular weight is 244 g/mol. The fourth-order valence-electron chi connectivity index (χ4n) is 4.45. The summed E-state index contributed by atoms with van der Waals surface area (Å²) < 4.78 is 0. The minimum absolute atomic E-state index is 0.244. The van der Waals surface area contributed by atoms with Crippen molar-refractivity contribution in [2.24, 2.45) is 5.92 Å². The minimum Gasteiger partial charge on any atom is -0.478 e. The van der Waals surface area contributed by atoms with Crippen LogP contribution in [0.2, 0.25) is 0 Å². The smallest absolute Gasteiger partial charge is 0.335 e. The molecule has 2 heteroatoms. The Kier molecular flexibility index (Phi) is 2.35. The van der Waals surface area contributed by atoms with Crippen molar-refractivity contribution in [1.82, 2.24) is 0 Å². The van der Waals surface area contributed by atoms with E-state index in [1.165, 1.54) is 24.0 Å². The van der Waals surface area contributed by atoms with Crippen molar-refractivity contribution in [2.45, 2.75) is 51.4 Å². The summed E-state index contributed by atoms with van der Waals surface area (Å²) in [6, 6.07) is 3.85. The van der Waals surface area contributed by atoms with E-state index in [1.54, 1.807) is 0 Å². The van der Waals surface area contributed by atoms with Gasteiger partial charge in [-0.05, 0) is 53.9 Å². The first-order valence-electron chi connectivity index (χ1n) is 6.89. The van der Waals surface area contributed by atoms with Gasteiger partial charge in [-0.15, -0.1) is 0 Å². The topological polar surface area (TPSA) is 37.3 Å². The van der Waals surface area contributed by atoms with E-state index in [-0.39, 0.29) is 5.41 Å². The summed E-state index contributed by atoms with van der Waals surface area (Å²) in [6.45, 7) is 6.77. The summed E-state index contributed by atoms with van der Waals surface area (Å²) >= 11 is 0. The molecule has 0 spiro atoms. The second-order valence-electron chi connectivity index (χ2n) is 6.14. The second-order valence-corrected chi connectivity index (χ2v) is 6.14. The highest BCUT2D eigenvalue weighted by Crippen LogP contribution is 2.62. The standard InChI is InChI=1S/C16H20O2/c1-9(2)16-8-4-5-11-6-7-12(15(17)18)13(10(16)3)14(11)16/h6-7,9-10H,4-5,8H2,1-3H3,(H,17,18). The van der Waals surface area contributed by atoms with Crippen molar-refractivity contribution in [2.75, 3.05) is 0 Å². The van der Waals surface area contributed by atoms with Crippen LogP contribution in [0.3, 0.4) is 0 Å². The Bertz CT molecular complexity index is 530. The van der Waals surface area contributed by atoms with Gasteiger partial charge in [-0.1, -0.05) is 26.8 Å². The fraction of sp³-hybridized carbons (Fsp3) is 0.562. The average Bonchev–Trinajstić information content (AvgIpc) is 2.35. The lowest BCUT2D eigenvalue weighted by Gasteiger charge is -2.57. The fourth-order valence-corrected chi connectivity index (χ4v) is 4.45. The number of carbonyl (C=O) groups is 1. The first kappa shape index (κ1) is 11.8. The molecule has 1 N–H and O–H groups in total. The third-order valence-corrected chi connectivity index (χ3v) is 5.30. The molecule has 2 aliphatic carbocycles. The Morgan fingerprint density at radius 1 is 1.44 bits per heavy atom. The summed E-state index contributed by atoms with van der Waals surface area (Å²) in [4.78, 5) is 11.4. The van der Waals surface area contributed by atoms with Gasteiger partial charge in [-0.3, -0.25) is 0 Å². The molecule has 2 atom stereocenters. The maximum Gasteiger partial charge on any atom is 0.335 e. The monoisotopic (exact) mass is 244 g/mol. The molecule has 18 heavy (non-hydrogen) atoms. The van der Waals surface area contributed by atoms with E-state index >= 15 is 0 Å². The highest BCUT2D eigenvalue weighted by atomic mass is 16.4. The Morgan fingerprint density at radius 3 is 2.78 bits per heavy atom. The maximum atomic E-state index is 11.4. The number of aryl methyl sites for hydroxylation is 1. The van der Waals surface area contributed by atoms with Gasteiger partial charge >= 0.3 is 5.97 Å². The molecule has 1 aromatic rings. The molecule has 0 heterocycles. The van der Waals surface area contributed by atoms with E-state index < -0.39 is 5.97 Å². The zero-order valence-electron chi connectivity index (χ0n) is 11.3. The van der Waals surface area contributed by atoms with Gasteiger partial charge in [0.2, 0.25) is 0 Å². The second kappa shape index (κ2) is 3.59. The van der Waals surface area contributed by atoms with Crippen LogP contribution in [0.15, 0.2) is 12.1 Å². The molecule has 1 aromatic carbocycles. The summed E-state index contributed by atoms with van der Waals surface area (Å²) in [5.41, 5.74) is 4.67. The molecular weight excluding hydrogens is 224 g/mol. The number of carboxylic acid groups (broad SMARTS) is 1. The van der Waals surface area contributed by atoms with E-state index in [2.05, 4.69) is 20.8 Å². The highest BCUT2D eigenvalue weighted by molar-refractivity contribution is 5.92. The molecule has 2 nitrogen and oxygen atoms in total. The number of hydrogen-bond acceptors (Lipinski definition) is 1. The van der Waals surface area contributed by atoms with Crippen molar-refractivity contribution in [3.8, 4) is 0 Å². The van der Waals surface area contributed by atoms with Gasteiger partial charge in [-0.2, -0.15) is 0 Å². The molecule has 2 aliphatic rings. The zero-order chi connectivity index (χ0) is 13.1. The lowest BCUT2D eigenvalue weighted by molar-refractivity contribution is 0.0688. The predicted octanol–water partition coefficient (Wildman–Crippen LogP) is 3.73. The third kappa shape index (κ3) is 1.16. The van der Waals surface area contributed by atoms with E-state index in [0.29, 0.717) is 17.4 Å². The summed E-state index contributed by atoms with van der Waals surface area (Å²) in [6.07, 6.45) is 3.57. The van der Waals surface area contributed by atoms with Gasteiger partial charge in [0.05, 0.1) is 5.56 Å². The molecule has 2 unspecified atom stereocenters. The Balaban J connectivity index is 2.27. The molecule has 3 rings (SSSR count). The zero-order valence-corrected chi connectivity index (χ0v) is 11.3. The van der Waals surface area contributed by atoms with Crippen molar-refractivity contribution in [3.63, 3.8) is 0 Å². The van der Waals surface area contributed by atoms with Gasteiger partial charge in [-0.25, -0.2) is 4.79 Å². The Hall–Kier alpha value is -1.31. The van der Waals surface area contributed by atoms with E-state index in [1.807, 2.05) is 12.1 Å². The first-order chi connectivity index (χ1) is 8.50. The van der Waals surface area contributed by atoms with Crippen LogP contribution >= 0.6 is 0 Å². The number of hydrogen-bond donors (Lipinski definition) is 1. The number of benzene rings is 1. The van der Waals surface area contributed by atoms with Gasteiger partial charge in [0.25, 0.3) is 0 Å². The maximum absolute atomic E-state index is 11.4. The summed E-state index contributed by atoms with van der Waals surface area (Å²) in [7, 11) is 0. The van der Waals surface area contributed by atoms with Crippen LogP contribution in [0.1, 0.15) is 66.6 Å². The van der Waals surface area contributed by atoms with Crippen LogP contribution in [-0.4, -0.2) is 11.1 Å². The largest absolute Gasteiger partial charge is 0.478 e. The van der Waals surface area contributed by atoms with Crippen LogP contribution in [0.4, 0.5) is 0 Å². The van der Waals surface area contributed by atoms with Gasteiger partial charge in [0.15, 0.2) is 0 Å². The minimum atomic E-state index is -0.775. The molecule has 0 amide bonds. The first-order valence-corrected chi connectivity index (χ1v) is 6.89. The van der Waals surface area contributed by atoms with E-state index in [4.69, 9.17) is 0 Å². The molecule has 96 valence electrons. The summed E-state index contributed by atoms with van der Waals surface area (Å²) in [5.74, 6) is 0.199. The van der Waals surface area contributed by atoms with Gasteiger partial charge in [0.1, 0.15) is 0 Å². The number of carboxylic acids is 1. The van der Waals surface area contributed by atoms with Crippen molar-refractivity contribution < 1.29 is 9.90 Å². The van der Waals surface area contributed by atoms with Crippen LogP contribution in [0.5, 0.6) is 0 Å². The molecule has 0 bridgehead atoms. The third-order valence-electron chi connectivity index (χ3n) is 5.30. The van der Waals surface area contributed by atoms with Crippen molar-refractivity contribution in [3.05, 3.63) is 34.4 Å². The number of aromatic carboxylic acids is 1.